The van der Waals surface area contributed by atoms with Gasteiger partial charge in [0.25, 0.3) is 0 Å². The van der Waals surface area contributed by atoms with E-state index in [1.165, 1.54) is 11.3 Å². The van der Waals surface area contributed by atoms with E-state index >= 15 is 0 Å². The van der Waals surface area contributed by atoms with Crippen LogP contribution in [0, 0.1) is 13.8 Å². The minimum absolute atomic E-state index is 0.0555. The number of fused-ring (bicyclic) bond motifs is 8. The number of pyridine rings is 2. The summed E-state index contributed by atoms with van der Waals surface area (Å²) in [5.41, 5.74) is 6.69. The Bertz CT molecular complexity index is 1870. The molecule has 0 N–H and O–H groups in total. The molecule has 3 heterocycles. The van der Waals surface area contributed by atoms with E-state index in [1.807, 2.05) is 62.6 Å². The molecule has 0 fully saturated rings. The molecule has 3 aromatic carbocycles. The van der Waals surface area contributed by atoms with E-state index in [-0.39, 0.29) is 11.6 Å². The predicted octanol–water partition coefficient (Wildman–Crippen LogP) is 7.04. The monoisotopic (exact) mass is 468 g/mol. The molecule has 0 saturated carbocycles. The Morgan fingerprint density at radius 2 is 1.09 bits per heavy atom. The first kappa shape index (κ1) is 19.1. The summed E-state index contributed by atoms with van der Waals surface area (Å²) in [6.07, 6.45) is 3.68. The maximum Gasteiger partial charge on any atom is 0.206 e. The van der Waals surface area contributed by atoms with Gasteiger partial charge < -0.3 is 0 Å². The zero-order chi connectivity index (χ0) is 23.6. The van der Waals surface area contributed by atoms with Crippen LogP contribution in [0.25, 0.3) is 54.8 Å². The number of hydrogen-bond donors (Lipinski definition) is 0. The minimum Gasteiger partial charge on any atom is -0.288 e. The lowest BCUT2D eigenvalue weighted by molar-refractivity contribution is 0.103. The number of carbonyl (C=O) groups is 2. The van der Waals surface area contributed by atoms with Gasteiger partial charge in [-0.2, -0.15) is 0 Å². The van der Waals surface area contributed by atoms with Gasteiger partial charge in [-0.15, -0.1) is 11.3 Å². The summed E-state index contributed by atoms with van der Waals surface area (Å²) < 4.78 is 0. The highest BCUT2D eigenvalue weighted by Crippen LogP contribution is 2.51. The number of rotatable bonds is 0. The maximum absolute atomic E-state index is 13.9. The fourth-order valence-electron chi connectivity index (χ4n) is 5.77. The fraction of sp³-hybridized carbons (Fsp3) is 0.0667. The molecule has 0 amide bonds. The maximum atomic E-state index is 13.9. The van der Waals surface area contributed by atoms with Crippen LogP contribution < -0.4 is 0 Å². The van der Waals surface area contributed by atoms with Crippen molar-refractivity contribution in [3.8, 4) is 22.5 Å². The van der Waals surface area contributed by atoms with Crippen LogP contribution in [0.5, 0.6) is 0 Å². The number of aryl methyl sites for hydroxylation is 2. The molecule has 164 valence electrons. The first-order chi connectivity index (χ1) is 17.0. The molecule has 0 atom stereocenters. The van der Waals surface area contributed by atoms with Crippen molar-refractivity contribution in [1.29, 1.82) is 0 Å². The Labute approximate surface area is 203 Å². The molecule has 0 aliphatic heterocycles. The SMILES string of the molecule is Cc1ccc2c3c(ncc2c1)-c1ccc2c4c(sc(c14)C3=O)C(=O)c1c-2ncc2cc(C)ccc12. The van der Waals surface area contributed by atoms with Crippen LogP contribution in [0.3, 0.4) is 0 Å². The third-order valence-electron chi connectivity index (χ3n) is 7.33. The Morgan fingerprint density at radius 1 is 0.629 bits per heavy atom. The van der Waals surface area contributed by atoms with Crippen molar-refractivity contribution in [2.24, 2.45) is 0 Å². The number of benzene rings is 3. The summed E-state index contributed by atoms with van der Waals surface area (Å²) in [6, 6.07) is 16.2. The molecule has 4 nitrogen and oxygen atoms in total. The van der Waals surface area contributed by atoms with Gasteiger partial charge in [-0.3, -0.25) is 19.6 Å². The Kier molecular flexibility index (Phi) is 3.42. The molecule has 0 spiro atoms. The van der Waals surface area contributed by atoms with Gasteiger partial charge in [-0.25, -0.2) is 0 Å². The van der Waals surface area contributed by atoms with Crippen LogP contribution in [0.4, 0.5) is 0 Å². The van der Waals surface area contributed by atoms with Gasteiger partial charge in [0.15, 0.2) is 0 Å². The lowest BCUT2D eigenvalue weighted by atomic mass is 9.82. The molecule has 2 aliphatic rings. The number of thiophene rings is 1. The van der Waals surface area contributed by atoms with Gasteiger partial charge in [-0.05, 0) is 36.8 Å². The Hall–Kier alpha value is -4.22. The number of hydrogen-bond acceptors (Lipinski definition) is 5. The standard InChI is InChI=1S/C30H16N2O2S/c1-13-3-5-17-15(9-13)11-31-25-19-7-8-20-22-21(19)29(27(33)23(17)25)35-30(22)28(34)24-18-6-4-14(2)10-16(18)12-32-26(20)24/h3-12H,1-2H3. The van der Waals surface area contributed by atoms with Crippen LogP contribution in [0.15, 0.2) is 60.9 Å². The molecule has 3 aromatic heterocycles. The van der Waals surface area contributed by atoms with Gasteiger partial charge in [0, 0.05) is 45.1 Å². The fourth-order valence-corrected chi connectivity index (χ4v) is 7.00. The molecule has 0 radical (unpaired) electrons. The minimum atomic E-state index is -0.0555. The van der Waals surface area contributed by atoms with Crippen molar-refractivity contribution < 1.29 is 9.59 Å². The van der Waals surface area contributed by atoms with Crippen molar-refractivity contribution in [3.05, 3.63) is 92.9 Å². The number of aromatic nitrogens is 2. The number of nitrogens with zero attached hydrogens (tertiary/aromatic N) is 2. The number of carbonyl (C=O) groups excluding carboxylic acids is 2. The summed E-state index contributed by atoms with van der Waals surface area (Å²) in [7, 11) is 0. The first-order valence-corrected chi connectivity index (χ1v) is 12.3. The molecular formula is C30H16N2O2S. The lowest BCUT2D eigenvalue weighted by Crippen LogP contribution is -2.11. The van der Waals surface area contributed by atoms with Gasteiger partial charge in [-0.1, -0.05) is 47.5 Å². The third kappa shape index (κ3) is 2.26. The summed E-state index contributed by atoms with van der Waals surface area (Å²) in [4.78, 5) is 38.6. The Morgan fingerprint density at radius 3 is 1.54 bits per heavy atom. The van der Waals surface area contributed by atoms with Crippen LogP contribution in [-0.4, -0.2) is 21.5 Å². The summed E-state index contributed by atoms with van der Waals surface area (Å²) >= 11 is 1.32. The topological polar surface area (TPSA) is 59.9 Å². The largest absolute Gasteiger partial charge is 0.288 e. The van der Waals surface area contributed by atoms with E-state index < -0.39 is 0 Å². The van der Waals surface area contributed by atoms with E-state index in [0.29, 0.717) is 32.3 Å². The summed E-state index contributed by atoms with van der Waals surface area (Å²) in [6.45, 7) is 4.06. The second-order valence-electron chi connectivity index (χ2n) is 9.47. The van der Waals surface area contributed by atoms with Crippen molar-refractivity contribution >= 4 is 55.2 Å². The molecule has 35 heavy (non-hydrogen) atoms. The average molecular weight is 469 g/mol. The van der Waals surface area contributed by atoms with Crippen LogP contribution in [-0.2, 0) is 0 Å². The van der Waals surface area contributed by atoms with Gasteiger partial charge >= 0.3 is 0 Å². The first-order valence-electron chi connectivity index (χ1n) is 11.5. The highest BCUT2D eigenvalue weighted by Gasteiger charge is 2.37. The van der Waals surface area contributed by atoms with E-state index in [4.69, 9.17) is 9.97 Å². The molecule has 0 unspecified atom stereocenters. The Balaban J connectivity index is 1.48. The lowest BCUT2D eigenvalue weighted by Gasteiger charge is -2.21. The molecule has 5 heteroatoms. The van der Waals surface area contributed by atoms with Gasteiger partial charge in [0.1, 0.15) is 0 Å². The van der Waals surface area contributed by atoms with Crippen molar-refractivity contribution in [2.45, 2.75) is 13.8 Å². The van der Waals surface area contributed by atoms with Crippen molar-refractivity contribution in [2.75, 3.05) is 0 Å². The second-order valence-corrected chi connectivity index (χ2v) is 10.5. The number of ketones is 2. The van der Waals surface area contributed by atoms with Gasteiger partial charge in [0.2, 0.25) is 11.6 Å². The van der Waals surface area contributed by atoms with Crippen LogP contribution in [0.1, 0.15) is 41.6 Å². The summed E-state index contributed by atoms with van der Waals surface area (Å²) in [5.74, 6) is -0.111. The smallest absolute Gasteiger partial charge is 0.206 e. The molecule has 0 saturated heterocycles. The van der Waals surface area contributed by atoms with E-state index in [0.717, 1.165) is 54.6 Å². The molecule has 8 rings (SSSR count). The quantitative estimate of drug-likeness (QED) is 0.240. The van der Waals surface area contributed by atoms with Crippen LogP contribution in [0.2, 0.25) is 0 Å². The second kappa shape index (κ2) is 6.26. The molecule has 6 aromatic rings. The molecule has 2 aliphatic carbocycles. The van der Waals surface area contributed by atoms with E-state index in [9.17, 15) is 9.59 Å². The summed E-state index contributed by atoms with van der Waals surface area (Å²) in [5, 5.41) is 5.37. The highest BCUT2D eigenvalue weighted by molar-refractivity contribution is 7.18. The third-order valence-corrected chi connectivity index (χ3v) is 8.52. The van der Waals surface area contributed by atoms with Crippen molar-refractivity contribution in [3.63, 3.8) is 0 Å². The van der Waals surface area contributed by atoms with Gasteiger partial charge in [0.05, 0.1) is 32.3 Å². The normalized spacial score (nSPS) is 13.5. The zero-order valence-electron chi connectivity index (χ0n) is 18.9. The highest BCUT2D eigenvalue weighted by atomic mass is 32.1. The predicted molar refractivity (Wildman–Crippen MR) is 140 cm³/mol. The van der Waals surface area contributed by atoms with E-state index in [2.05, 4.69) is 12.1 Å². The zero-order valence-corrected chi connectivity index (χ0v) is 19.7. The average Bonchev–Trinajstić information content (AvgIpc) is 3.27. The molecule has 0 bridgehead atoms. The van der Waals surface area contributed by atoms with Crippen molar-refractivity contribution in [1.82, 2.24) is 9.97 Å². The molecular weight excluding hydrogens is 452 g/mol. The van der Waals surface area contributed by atoms with Crippen LogP contribution >= 0.6 is 11.3 Å². The van der Waals surface area contributed by atoms with E-state index in [1.54, 1.807) is 0 Å².